The Morgan fingerprint density at radius 2 is 1.12 bits per heavy atom. The Morgan fingerprint density at radius 3 is 1.47 bits per heavy atom. The maximum atomic E-state index is 10.2. The van der Waals surface area contributed by atoms with Crippen LogP contribution in [0.1, 0.15) is 51.4 Å². The lowest BCUT2D eigenvalue weighted by Crippen LogP contribution is -1.94. The quantitative estimate of drug-likeness (QED) is 0.418. The SMILES string of the molecule is O=C(O)CCCCC[P]CCCCCC(=O)O. The fourth-order valence-electron chi connectivity index (χ4n) is 1.47. The zero-order chi connectivity index (χ0) is 12.9. The van der Waals surface area contributed by atoms with Crippen molar-refractivity contribution in [1.82, 2.24) is 0 Å². The van der Waals surface area contributed by atoms with Gasteiger partial charge in [-0.15, -0.1) is 0 Å². The van der Waals surface area contributed by atoms with Gasteiger partial charge < -0.3 is 10.2 Å². The average Bonchev–Trinajstić information content (AvgIpc) is 2.25. The van der Waals surface area contributed by atoms with Crippen LogP contribution in [0.2, 0.25) is 0 Å². The largest absolute Gasteiger partial charge is 0.481 e. The van der Waals surface area contributed by atoms with Gasteiger partial charge in [-0.05, 0) is 38.0 Å². The van der Waals surface area contributed by atoms with Crippen LogP contribution >= 0.6 is 8.58 Å². The zero-order valence-corrected chi connectivity index (χ0v) is 11.1. The molecule has 0 bridgehead atoms. The summed E-state index contributed by atoms with van der Waals surface area (Å²) in [5, 5.41) is 16.9. The second kappa shape index (κ2) is 11.8. The minimum Gasteiger partial charge on any atom is -0.481 e. The normalized spacial score (nSPS) is 10.4. The number of hydrogen-bond donors (Lipinski definition) is 2. The molecule has 0 rings (SSSR count). The molecule has 0 aliphatic rings. The van der Waals surface area contributed by atoms with E-state index in [4.69, 9.17) is 10.2 Å². The third kappa shape index (κ3) is 15.4. The second-order valence-electron chi connectivity index (χ2n) is 4.08. The number of carboxylic acid groups (broad SMARTS) is 2. The van der Waals surface area contributed by atoms with E-state index in [1.165, 1.54) is 8.58 Å². The first-order chi connectivity index (χ1) is 8.13. The van der Waals surface area contributed by atoms with E-state index in [0.29, 0.717) is 0 Å². The van der Waals surface area contributed by atoms with Gasteiger partial charge in [0, 0.05) is 12.8 Å². The summed E-state index contributed by atoms with van der Waals surface area (Å²) in [4.78, 5) is 20.5. The summed E-state index contributed by atoms with van der Waals surface area (Å²) in [6, 6.07) is 0. The molecule has 99 valence electrons. The molecule has 5 heteroatoms. The molecule has 0 aromatic heterocycles. The molecular weight excluding hydrogens is 239 g/mol. The van der Waals surface area contributed by atoms with Gasteiger partial charge in [0.1, 0.15) is 0 Å². The van der Waals surface area contributed by atoms with Crippen LogP contribution in [0.25, 0.3) is 0 Å². The maximum absolute atomic E-state index is 10.2. The monoisotopic (exact) mass is 261 g/mol. The molecule has 0 aromatic rings. The highest BCUT2D eigenvalue weighted by Crippen LogP contribution is 2.17. The van der Waals surface area contributed by atoms with Crippen molar-refractivity contribution in [2.24, 2.45) is 0 Å². The predicted molar refractivity (Wildman–Crippen MR) is 68.9 cm³/mol. The third-order valence-corrected chi connectivity index (χ3v) is 3.68. The Bertz CT molecular complexity index is 197. The molecule has 0 atom stereocenters. The van der Waals surface area contributed by atoms with Gasteiger partial charge in [0.05, 0.1) is 0 Å². The number of carbonyl (C=O) groups is 2. The lowest BCUT2D eigenvalue weighted by molar-refractivity contribution is -0.138. The summed E-state index contributed by atoms with van der Waals surface area (Å²) in [7, 11) is 1.41. The van der Waals surface area contributed by atoms with Crippen LogP contribution in [0, 0.1) is 0 Å². The molecule has 0 heterocycles. The first kappa shape index (κ1) is 16.4. The Hall–Kier alpha value is -0.630. The first-order valence-corrected chi connectivity index (χ1v) is 7.46. The van der Waals surface area contributed by atoms with Crippen LogP contribution in [0.5, 0.6) is 0 Å². The van der Waals surface area contributed by atoms with Crippen LogP contribution < -0.4 is 0 Å². The summed E-state index contributed by atoms with van der Waals surface area (Å²) in [5.41, 5.74) is 0. The van der Waals surface area contributed by atoms with Crippen molar-refractivity contribution in [3.63, 3.8) is 0 Å². The molecule has 0 saturated heterocycles. The van der Waals surface area contributed by atoms with E-state index in [2.05, 4.69) is 0 Å². The molecular formula is C12H22O4P. The van der Waals surface area contributed by atoms with Crippen LogP contribution in [0.15, 0.2) is 0 Å². The Kier molecular flexibility index (Phi) is 11.4. The van der Waals surface area contributed by atoms with Crippen LogP contribution in [-0.2, 0) is 9.59 Å². The Morgan fingerprint density at radius 1 is 0.706 bits per heavy atom. The van der Waals surface area contributed by atoms with Gasteiger partial charge in [-0.1, -0.05) is 21.4 Å². The molecule has 0 saturated carbocycles. The summed E-state index contributed by atoms with van der Waals surface area (Å²) < 4.78 is 0. The lowest BCUT2D eigenvalue weighted by atomic mass is 10.2. The van der Waals surface area contributed by atoms with Crippen molar-refractivity contribution in [2.45, 2.75) is 51.4 Å². The number of carboxylic acids is 2. The van der Waals surface area contributed by atoms with Crippen molar-refractivity contribution < 1.29 is 19.8 Å². The van der Waals surface area contributed by atoms with E-state index in [9.17, 15) is 9.59 Å². The second-order valence-corrected chi connectivity index (χ2v) is 5.42. The summed E-state index contributed by atoms with van der Waals surface area (Å²) >= 11 is 0. The molecule has 17 heavy (non-hydrogen) atoms. The predicted octanol–water partition coefficient (Wildman–Crippen LogP) is 3.22. The smallest absolute Gasteiger partial charge is 0.303 e. The number of rotatable bonds is 12. The van der Waals surface area contributed by atoms with Crippen molar-refractivity contribution in [3.05, 3.63) is 0 Å². The highest BCUT2D eigenvalue weighted by atomic mass is 31.1. The van der Waals surface area contributed by atoms with Crippen LogP contribution in [0.4, 0.5) is 0 Å². The van der Waals surface area contributed by atoms with Gasteiger partial charge in [0.15, 0.2) is 0 Å². The van der Waals surface area contributed by atoms with Gasteiger partial charge in [-0.2, -0.15) is 0 Å². The molecule has 0 aliphatic carbocycles. The maximum Gasteiger partial charge on any atom is 0.303 e. The number of unbranched alkanes of at least 4 members (excludes halogenated alkanes) is 4. The van der Waals surface area contributed by atoms with Crippen molar-refractivity contribution in [3.8, 4) is 0 Å². The standard InChI is InChI=1S/C12H22O4P/c13-11(14)7-3-1-5-9-17-10-6-2-4-8-12(15)16/h1-10H2,(H,13,14)(H,15,16). The average molecular weight is 261 g/mol. The highest BCUT2D eigenvalue weighted by molar-refractivity contribution is 7.37. The van der Waals surface area contributed by atoms with Crippen LogP contribution in [0.3, 0.4) is 0 Å². The summed E-state index contributed by atoms with van der Waals surface area (Å²) in [5.74, 6) is -1.41. The van der Waals surface area contributed by atoms with E-state index in [1.54, 1.807) is 0 Å². The van der Waals surface area contributed by atoms with Gasteiger partial charge in [0.2, 0.25) is 0 Å². The van der Waals surface area contributed by atoms with E-state index in [1.807, 2.05) is 0 Å². The zero-order valence-electron chi connectivity index (χ0n) is 10.2. The molecule has 4 nitrogen and oxygen atoms in total. The first-order valence-electron chi connectivity index (χ1n) is 6.20. The molecule has 0 aliphatic heterocycles. The van der Waals surface area contributed by atoms with Gasteiger partial charge in [-0.25, -0.2) is 0 Å². The van der Waals surface area contributed by atoms with Gasteiger partial charge in [-0.3, -0.25) is 9.59 Å². The number of hydrogen-bond acceptors (Lipinski definition) is 2. The van der Waals surface area contributed by atoms with Crippen molar-refractivity contribution >= 4 is 20.5 Å². The van der Waals surface area contributed by atoms with Crippen molar-refractivity contribution in [2.75, 3.05) is 12.3 Å². The molecule has 0 aromatic carbocycles. The topological polar surface area (TPSA) is 74.6 Å². The van der Waals surface area contributed by atoms with Crippen molar-refractivity contribution in [1.29, 1.82) is 0 Å². The van der Waals surface area contributed by atoms with E-state index >= 15 is 0 Å². The summed E-state index contributed by atoms with van der Waals surface area (Å²) in [6.07, 6.45) is 8.60. The lowest BCUT2D eigenvalue weighted by Gasteiger charge is -2.00. The van der Waals surface area contributed by atoms with Gasteiger partial charge >= 0.3 is 11.9 Å². The summed E-state index contributed by atoms with van der Waals surface area (Å²) in [6.45, 7) is 0. The molecule has 0 amide bonds. The minimum absolute atomic E-state index is 0.284. The minimum atomic E-state index is -0.707. The van der Waals surface area contributed by atoms with E-state index in [-0.39, 0.29) is 12.8 Å². The molecule has 0 fully saturated rings. The third-order valence-electron chi connectivity index (χ3n) is 2.41. The fraction of sp³-hybridized carbons (Fsp3) is 0.833. The van der Waals surface area contributed by atoms with Crippen LogP contribution in [-0.4, -0.2) is 34.5 Å². The molecule has 1 radical (unpaired) electrons. The molecule has 0 unspecified atom stereocenters. The van der Waals surface area contributed by atoms with E-state index in [0.717, 1.165) is 50.8 Å². The Labute approximate surface area is 105 Å². The molecule has 2 N–H and O–H groups in total. The van der Waals surface area contributed by atoms with E-state index < -0.39 is 11.9 Å². The Balaban J connectivity index is 2.98. The number of aliphatic carboxylic acids is 2. The fourth-order valence-corrected chi connectivity index (χ4v) is 2.58. The van der Waals surface area contributed by atoms with Gasteiger partial charge in [0.25, 0.3) is 0 Å². The molecule has 0 spiro atoms. The highest BCUT2D eigenvalue weighted by Gasteiger charge is 1.98.